The van der Waals surface area contributed by atoms with Crippen molar-refractivity contribution in [1.82, 2.24) is 24.5 Å². The van der Waals surface area contributed by atoms with Crippen molar-refractivity contribution < 1.29 is 9.84 Å². The number of methoxy groups -OCH3 is 1. The zero-order valence-electron chi connectivity index (χ0n) is 14.3. The topological polar surface area (TPSA) is 112 Å². The van der Waals surface area contributed by atoms with Crippen molar-refractivity contribution in [2.75, 3.05) is 12.8 Å². The van der Waals surface area contributed by atoms with Crippen LogP contribution in [-0.4, -0.2) is 36.7 Å². The molecule has 8 nitrogen and oxygen atoms in total. The van der Waals surface area contributed by atoms with E-state index in [2.05, 4.69) is 19.9 Å². The van der Waals surface area contributed by atoms with Crippen LogP contribution in [0.25, 0.3) is 38.5 Å². The number of aromatic hydroxyl groups is 1. The number of nitrogen functional groups attached to an aromatic ring is 1. The molecular formula is C19H14N6O2. The van der Waals surface area contributed by atoms with Gasteiger partial charge in [0.15, 0.2) is 11.5 Å². The van der Waals surface area contributed by atoms with Crippen molar-refractivity contribution in [3.05, 3.63) is 49.2 Å². The SMILES string of the molecule is COc1cc2ncc3c(N)nc(-n4cnc5cnccc54)cc3c2cc1O. The first-order valence-electron chi connectivity index (χ1n) is 8.19. The fraction of sp³-hybridized carbons (Fsp3) is 0.0526. The molecule has 0 atom stereocenters. The fourth-order valence-corrected chi connectivity index (χ4v) is 3.27. The van der Waals surface area contributed by atoms with E-state index in [0.29, 0.717) is 28.3 Å². The number of phenols is 1. The Morgan fingerprint density at radius 2 is 1.93 bits per heavy atom. The van der Waals surface area contributed by atoms with Crippen LogP contribution in [0.5, 0.6) is 11.5 Å². The summed E-state index contributed by atoms with van der Waals surface area (Å²) in [5, 5.41) is 12.5. The van der Waals surface area contributed by atoms with Gasteiger partial charge in [-0.25, -0.2) is 9.97 Å². The summed E-state index contributed by atoms with van der Waals surface area (Å²) in [4.78, 5) is 17.4. The Balaban J connectivity index is 1.85. The van der Waals surface area contributed by atoms with Gasteiger partial charge in [0, 0.05) is 34.6 Å². The minimum atomic E-state index is 0.0374. The van der Waals surface area contributed by atoms with Crippen LogP contribution in [0, 0.1) is 0 Å². The van der Waals surface area contributed by atoms with E-state index in [4.69, 9.17) is 10.5 Å². The summed E-state index contributed by atoms with van der Waals surface area (Å²) in [5.41, 5.74) is 8.53. The molecule has 0 aliphatic carbocycles. The molecule has 0 bridgehead atoms. The van der Waals surface area contributed by atoms with Gasteiger partial charge in [-0.3, -0.25) is 14.5 Å². The lowest BCUT2D eigenvalue weighted by Crippen LogP contribution is -2.01. The van der Waals surface area contributed by atoms with Gasteiger partial charge < -0.3 is 15.6 Å². The van der Waals surface area contributed by atoms with E-state index < -0.39 is 0 Å². The van der Waals surface area contributed by atoms with Gasteiger partial charge in [-0.05, 0) is 18.2 Å². The Hall–Kier alpha value is -3.94. The Morgan fingerprint density at radius 3 is 2.78 bits per heavy atom. The first kappa shape index (κ1) is 15.3. The molecule has 0 unspecified atom stereocenters. The molecule has 8 heteroatoms. The van der Waals surface area contributed by atoms with Gasteiger partial charge >= 0.3 is 0 Å². The molecule has 4 heterocycles. The van der Waals surface area contributed by atoms with Gasteiger partial charge in [0.2, 0.25) is 0 Å². The molecule has 0 radical (unpaired) electrons. The third-order valence-corrected chi connectivity index (χ3v) is 4.59. The first-order valence-corrected chi connectivity index (χ1v) is 8.19. The molecule has 0 aliphatic rings. The maximum absolute atomic E-state index is 10.2. The number of anilines is 1. The summed E-state index contributed by atoms with van der Waals surface area (Å²) < 4.78 is 7.02. The highest BCUT2D eigenvalue weighted by Crippen LogP contribution is 2.35. The number of imidazole rings is 1. The number of hydrogen-bond acceptors (Lipinski definition) is 7. The summed E-state index contributed by atoms with van der Waals surface area (Å²) in [6, 6.07) is 7.09. The lowest BCUT2D eigenvalue weighted by Gasteiger charge is -2.11. The van der Waals surface area contributed by atoms with Gasteiger partial charge in [0.25, 0.3) is 0 Å². The van der Waals surface area contributed by atoms with Crippen LogP contribution in [0.2, 0.25) is 0 Å². The van der Waals surface area contributed by atoms with E-state index in [1.807, 2.05) is 16.7 Å². The largest absolute Gasteiger partial charge is 0.504 e. The summed E-state index contributed by atoms with van der Waals surface area (Å²) in [7, 11) is 1.50. The number of phenolic OH excluding ortho intramolecular Hbond substituents is 1. The predicted octanol–water partition coefficient (Wildman–Crippen LogP) is 2.81. The molecule has 1 aromatic carbocycles. The summed E-state index contributed by atoms with van der Waals surface area (Å²) in [5.74, 6) is 1.37. The van der Waals surface area contributed by atoms with Crippen LogP contribution in [0.1, 0.15) is 0 Å². The van der Waals surface area contributed by atoms with Gasteiger partial charge in [-0.15, -0.1) is 0 Å². The van der Waals surface area contributed by atoms with Crippen molar-refractivity contribution in [3.63, 3.8) is 0 Å². The molecule has 0 saturated carbocycles. The minimum Gasteiger partial charge on any atom is -0.504 e. The second-order valence-electron chi connectivity index (χ2n) is 6.11. The number of ether oxygens (including phenoxy) is 1. The van der Waals surface area contributed by atoms with Crippen LogP contribution in [0.15, 0.2) is 49.2 Å². The third-order valence-electron chi connectivity index (χ3n) is 4.59. The van der Waals surface area contributed by atoms with E-state index in [1.165, 1.54) is 7.11 Å². The zero-order chi connectivity index (χ0) is 18.5. The highest BCUT2D eigenvalue weighted by Gasteiger charge is 2.13. The molecule has 5 rings (SSSR count). The van der Waals surface area contributed by atoms with Crippen LogP contribution in [0.3, 0.4) is 0 Å². The molecule has 0 amide bonds. The molecule has 5 aromatic rings. The molecular weight excluding hydrogens is 344 g/mol. The Morgan fingerprint density at radius 1 is 1.04 bits per heavy atom. The quantitative estimate of drug-likeness (QED) is 0.467. The van der Waals surface area contributed by atoms with Crippen molar-refractivity contribution in [3.8, 4) is 17.3 Å². The van der Waals surface area contributed by atoms with Gasteiger partial charge in [-0.2, -0.15) is 0 Å². The lowest BCUT2D eigenvalue weighted by molar-refractivity contribution is 0.374. The molecule has 3 N–H and O–H groups in total. The van der Waals surface area contributed by atoms with Crippen molar-refractivity contribution in [2.24, 2.45) is 0 Å². The highest BCUT2D eigenvalue weighted by atomic mass is 16.5. The van der Waals surface area contributed by atoms with Crippen molar-refractivity contribution in [1.29, 1.82) is 0 Å². The first-order chi connectivity index (χ1) is 13.2. The summed E-state index contributed by atoms with van der Waals surface area (Å²) >= 11 is 0. The van der Waals surface area contributed by atoms with Crippen LogP contribution < -0.4 is 10.5 Å². The standard InChI is InChI=1S/C19H14N6O2/c1-27-17-6-13-11(4-16(17)26)10-5-18(24-19(20)12(10)7-22-13)25-9-23-14-8-21-3-2-15(14)25/h2-9,26H,1H3,(H2,20,24). The van der Waals surface area contributed by atoms with Gasteiger partial charge in [0.05, 0.1) is 24.3 Å². The fourth-order valence-electron chi connectivity index (χ4n) is 3.27. The lowest BCUT2D eigenvalue weighted by atomic mass is 10.1. The molecule has 27 heavy (non-hydrogen) atoms. The normalized spacial score (nSPS) is 11.4. The van der Waals surface area contributed by atoms with Crippen LogP contribution >= 0.6 is 0 Å². The molecule has 0 fully saturated rings. The van der Waals surface area contributed by atoms with E-state index in [9.17, 15) is 5.11 Å². The number of nitrogens with zero attached hydrogens (tertiary/aromatic N) is 5. The Bertz CT molecular complexity index is 1340. The summed E-state index contributed by atoms with van der Waals surface area (Å²) in [6.07, 6.45) is 6.76. The number of fused-ring (bicyclic) bond motifs is 4. The van der Waals surface area contributed by atoms with Gasteiger partial charge in [-0.1, -0.05) is 0 Å². The van der Waals surface area contributed by atoms with E-state index >= 15 is 0 Å². The van der Waals surface area contributed by atoms with E-state index in [-0.39, 0.29) is 5.75 Å². The number of aromatic nitrogens is 5. The average molecular weight is 358 g/mol. The maximum Gasteiger partial charge on any atom is 0.162 e. The molecule has 0 aliphatic heterocycles. The summed E-state index contributed by atoms with van der Waals surface area (Å²) in [6.45, 7) is 0. The van der Waals surface area contributed by atoms with Crippen molar-refractivity contribution in [2.45, 2.75) is 0 Å². The number of rotatable bonds is 2. The van der Waals surface area contributed by atoms with E-state index in [1.54, 1.807) is 37.1 Å². The van der Waals surface area contributed by atoms with Crippen molar-refractivity contribution >= 4 is 38.5 Å². The molecule has 0 saturated heterocycles. The second kappa shape index (κ2) is 5.53. The van der Waals surface area contributed by atoms with Crippen LogP contribution in [0.4, 0.5) is 5.82 Å². The Kier molecular flexibility index (Phi) is 3.14. The molecule has 132 valence electrons. The zero-order valence-corrected chi connectivity index (χ0v) is 14.3. The maximum atomic E-state index is 10.2. The number of hydrogen-bond donors (Lipinski definition) is 2. The average Bonchev–Trinajstić information content (AvgIpc) is 3.11. The van der Waals surface area contributed by atoms with Crippen LogP contribution in [-0.2, 0) is 0 Å². The third kappa shape index (κ3) is 2.23. The minimum absolute atomic E-state index is 0.0374. The second-order valence-corrected chi connectivity index (χ2v) is 6.11. The highest BCUT2D eigenvalue weighted by molar-refractivity contribution is 6.10. The smallest absolute Gasteiger partial charge is 0.162 e. The molecule has 4 aromatic heterocycles. The monoisotopic (exact) mass is 358 g/mol. The number of pyridine rings is 3. The molecule has 0 spiro atoms. The number of benzene rings is 1. The predicted molar refractivity (Wildman–Crippen MR) is 102 cm³/mol. The van der Waals surface area contributed by atoms with E-state index in [0.717, 1.165) is 21.8 Å². The van der Waals surface area contributed by atoms with Gasteiger partial charge in [0.1, 0.15) is 23.5 Å². The number of nitrogens with two attached hydrogens (primary N) is 1. The Labute approximate surface area is 152 Å².